The molecule has 2 N–H and O–H groups in total. The zero-order valence-corrected chi connectivity index (χ0v) is 17.2. The fourth-order valence-corrected chi connectivity index (χ4v) is 4.44. The minimum absolute atomic E-state index is 0.299. The minimum Gasteiger partial charge on any atom is -0.371 e. The van der Waals surface area contributed by atoms with Crippen molar-refractivity contribution in [2.24, 2.45) is 0 Å². The summed E-state index contributed by atoms with van der Waals surface area (Å²) in [6.07, 6.45) is 4.52. The number of anilines is 3. The molecule has 0 spiro atoms. The molecule has 31 heavy (non-hydrogen) atoms. The van der Waals surface area contributed by atoms with Crippen molar-refractivity contribution >= 4 is 28.5 Å². The molecule has 5 rings (SSSR count). The van der Waals surface area contributed by atoms with Gasteiger partial charge in [0.25, 0.3) is 5.91 Å². The smallest absolute Gasteiger partial charge is 0.257 e. The molecule has 0 aliphatic carbocycles. The molecule has 1 unspecified atom stereocenters. The van der Waals surface area contributed by atoms with Crippen LogP contribution in [0, 0.1) is 12.7 Å². The maximum atomic E-state index is 14.2. The van der Waals surface area contributed by atoms with Gasteiger partial charge in [0.2, 0.25) is 0 Å². The first-order valence-corrected chi connectivity index (χ1v) is 10.4. The predicted octanol–water partition coefficient (Wildman–Crippen LogP) is 4.93. The first-order valence-electron chi connectivity index (χ1n) is 10.4. The van der Waals surface area contributed by atoms with E-state index in [1.807, 2.05) is 24.4 Å². The number of rotatable bonds is 4. The number of nitrogens with zero attached hydrogens (tertiary/aromatic N) is 2. The highest BCUT2D eigenvalue weighted by atomic mass is 19.1. The molecule has 3 aromatic rings. The Kier molecular flexibility index (Phi) is 4.90. The second-order valence-electron chi connectivity index (χ2n) is 8.01. The van der Waals surface area contributed by atoms with Crippen LogP contribution in [0.15, 0.2) is 67.0 Å². The van der Waals surface area contributed by atoms with Gasteiger partial charge in [0, 0.05) is 54.0 Å². The van der Waals surface area contributed by atoms with Crippen LogP contribution in [0.5, 0.6) is 0 Å². The summed E-state index contributed by atoms with van der Waals surface area (Å²) in [4.78, 5) is 19.2. The van der Waals surface area contributed by atoms with Crippen molar-refractivity contribution in [3.05, 3.63) is 89.6 Å². The Labute approximate surface area is 180 Å². The number of hydrogen-bond donors (Lipinski definition) is 2. The quantitative estimate of drug-likeness (QED) is 0.595. The van der Waals surface area contributed by atoms with Crippen molar-refractivity contribution in [3.63, 3.8) is 0 Å². The molecule has 2 aliphatic rings. The SMILES string of the molecule is Cc1cc(N/C=C2\C(=O)Nc3cccc(F)c32)ccc1N1CCC(c2ccccn2)C1. The lowest BCUT2D eigenvalue weighted by atomic mass is 10.0. The van der Waals surface area contributed by atoms with Gasteiger partial charge in [-0.15, -0.1) is 0 Å². The summed E-state index contributed by atoms with van der Waals surface area (Å²) in [7, 11) is 0. The zero-order valence-electron chi connectivity index (χ0n) is 17.2. The van der Waals surface area contributed by atoms with Crippen molar-refractivity contribution in [3.8, 4) is 0 Å². The topological polar surface area (TPSA) is 57.3 Å². The van der Waals surface area contributed by atoms with Crippen molar-refractivity contribution in [1.82, 2.24) is 4.98 Å². The molecule has 1 fully saturated rings. The molecular weight excluding hydrogens is 391 g/mol. The van der Waals surface area contributed by atoms with E-state index in [1.165, 1.54) is 11.8 Å². The molecule has 3 heterocycles. The Morgan fingerprint density at radius 3 is 2.90 bits per heavy atom. The van der Waals surface area contributed by atoms with Crippen LogP contribution >= 0.6 is 0 Å². The number of nitrogens with one attached hydrogen (secondary N) is 2. The highest BCUT2D eigenvalue weighted by molar-refractivity contribution is 6.31. The van der Waals surface area contributed by atoms with E-state index in [1.54, 1.807) is 18.3 Å². The van der Waals surface area contributed by atoms with Crippen molar-refractivity contribution < 1.29 is 9.18 Å². The maximum Gasteiger partial charge on any atom is 0.257 e. The molecule has 1 aromatic heterocycles. The van der Waals surface area contributed by atoms with E-state index in [0.717, 1.165) is 36.5 Å². The predicted molar refractivity (Wildman–Crippen MR) is 122 cm³/mol. The Balaban J connectivity index is 1.32. The highest BCUT2D eigenvalue weighted by Crippen LogP contribution is 2.35. The number of carbonyl (C=O) groups is 1. The molecule has 2 aromatic carbocycles. The van der Waals surface area contributed by atoms with Crippen LogP contribution in [0.25, 0.3) is 5.57 Å². The first-order chi connectivity index (χ1) is 15.1. The molecule has 0 saturated carbocycles. The second-order valence-corrected chi connectivity index (χ2v) is 8.01. The lowest BCUT2D eigenvalue weighted by Crippen LogP contribution is -2.20. The summed E-state index contributed by atoms with van der Waals surface area (Å²) in [5.41, 5.74) is 5.46. The molecule has 1 amide bonds. The van der Waals surface area contributed by atoms with Gasteiger partial charge in [0.15, 0.2) is 0 Å². The summed E-state index contributed by atoms with van der Waals surface area (Å²) in [6.45, 7) is 4.03. The van der Waals surface area contributed by atoms with Crippen molar-refractivity contribution in [1.29, 1.82) is 0 Å². The van der Waals surface area contributed by atoms with Crippen LogP contribution < -0.4 is 15.5 Å². The van der Waals surface area contributed by atoms with Crippen LogP contribution in [0.3, 0.4) is 0 Å². The fraction of sp³-hybridized carbons (Fsp3) is 0.200. The third-order valence-corrected chi connectivity index (χ3v) is 5.99. The molecule has 6 heteroatoms. The van der Waals surface area contributed by atoms with Crippen LogP contribution in [0.2, 0.25) is 0 Å². The van der Waals surface area contributed by atoms with Crippen LogP contribution in [-0.4, -0.2) is 24.0 Å². The molecule has 1 atom stereocenters. The summed E-state index contributed by atoms with van der Waals surface area (Å²) in [6, 6.07) is 16.9. The molecule has 1 saturated heterocycles. The number of fused-ring (bicyclic) bond motifs is 1. The van der Waals surface area contributed by atoms with Gasteiger partial charge >= 0.3 is 0 Å². The van der Waals surface area contributed by atoms with E-state index in [9.17, 15) is 9.18 Å². The monoisotopic (exact) mass is 414 g/mol. The van der Waals surface area contributed by atoms with Gasteiger partial charge in [-0.25, -0.2) is 4.39 Å². The Bertz CT molecular complexity index is 1180. The van der Waals surface area contributed by atoms with Gasteiger partial charge in [-0.2, -0.15) is 0 Å². The van der Waals surface area contributed by atoms with Gasteiger partial charge < -0.3 is 15.5 Å². The van der Waals surface area contributed by atoms with Gasteiger partial charge in [-0.1, -0.05) is 12.1 Å². The fourth-order valence-electron chi connectivity index (χ4n) is 4.44. The average Bonchev–Trinajstić information content (AvgIpc) is 3.38. The average molecular weight is 414 g/mol. The van der Waals surface area contributed by atoms with E-state index >= 15 is 0 Å². The van der Waals surface area contributed by atoms with E-state index in [4.69, 9.17) is 0 Å². The molecule has 5 nitrogen and oxygen atoms in total. The Morgan fingerprint density at radius 2 is 2.10 bits per heavy atom. The standard InChI is InChI=1S/C25H23FN4O/c1-16-13-18(28-14-19-24-20(26)5-4-7-22(24)29-25(19)31)8-9-23(16)30-12-10-17(15-30)21-6-2-3-11-27-21/h2-9,11,13-14,17,28H,10,12,15H2,1H3,(H,29,31)/b19-14-. The van der Waals surface area contributed by atoms with Crippen molar-refractivity contribution in [2.45, 2.75) is 19.3 Å². The molecule has 156 valence electrons. The lowest BCUT2D eigenvalue weighted by molar-refractivity contribution is -0.110. The lowest BCUT2D eigenvalue weighted by Gasteiger charge is -2.21. The normalized spacial score (nSPS) is 18.9. The molecular formula is C25H23FN4O. The largest absolute Gasteiger partial charge is 0.371 e. The van der Waals surface area contributed by atoms with Crippen LogP contribution in [0.4, 0.5) is 21.5 Å². The Morgan fingerprint density at radius 1 is 1.19 bits per heavy atom. The third kappa shape index (κ3) is 3.65. The zero-order chi connectivity index (χ0) is 21.4. The number of aryl methyl sites for hydroxylation is 1. The summed E-state index contributed by atoms with van der Waals surface area (Å²) < 4.78 is 14.2. The van der Waals surface area contributed by atoms with Gasteiger partial charge in [-0.05, 0) is 61.4 Å². The number of aromatic nitrogens is 1. The number of amides is 1. The summed E-state index contributed by atoms with van der Waals surface area (Å²) >= 11 is 0. The number of benzene rings is 2. The number of hydrogen-bond acceptors (Lipinski definition) is 4. The summed E-state index contributed by atoms with van der Waals surface area (Å²) in [5, 5.41) is 5.86. The number of halogens is 1. The number of pyridine rings is 1. The summed E-state index contributed by atoms with van der Waals surface area (Å²) in [5.74, 6) is -0.274. The van der Waals surface area contributed by atoms with Crippen molar-refractivity contribution in [2.75, 3.05) is 28.6 Å². The van der Waals surface area contributed by atoms with Gasteiger partial charge in [0.1, 0.15) is 5.82 Å². The minimum atomic E-state index is -0.410. The van der Waals surface area contributed by atoms with E-state index < -0.39 is 5.82 Å². The maximum absolute atomic E-state index is 14.2. The third-order valence-electron chi connectivity index (χ3n) is 5.99. The molecule has 0 radical (unpaired) electrons. The van der Waals surface area contributed by atoms with E-state index in [-0.39, 0.29) is 5.91 Å². The van der Waals surface area contributed by atoms with E-state index in [2.05, 4.69) is 45.6 Å². The van der Waals surface area contributed by atoms with Crippen LogP contribution in [-0.2, 0) is 4.79 Å². The second kappa shape index (κ2) is 7.87. The molecule has 0 bridgehead atoms. The van der Waals surface area contributed by atoms with E-state index in [0.29, 0.717) is 22.7 Å². The Hall–Kier alpha value is -3.67. The first kappa shape index (κ1) is 19.3. The van der Waals surface area contributed by atoms with Gasteiger partial charge in [0.05, 0.1) is 11.3 Å². The number of carbonyl (C=O) groups excluding carboxylic acids is 1. The van der Waals surface area contributed by atoms with Gasteiger partial charge in [-0.3, -0.25) is 9.78 Å². The molecule has 2 aliphatic heterocycles. The van der Waals surface area contributed by atoms with Crippen LogP contribution in [0.1, 0.15) is 29.2 Å². The highest BCUT2D eigenvalue weighted by Gasteiger charge is 2.28.